The van der Waals surface area contributed by atoms with Gasteiger partial charge in [0.2, 0.25) is 0 Å². The Morgan fingerprint density at radius 1 is 1.15 bits per heavy atom. The fraction of sp³-hybridized carbons (Fsp3) is 0.312. The second kappa shape index (κ2) is 6.91. The van der Waals surface area contributed by atoms with E-state index in [1.165, 1.54) is 0 Å². The molecule has 106 valence electrons. The van der Waals surface area contributed by atoms with E-state index in [1.54, 1.807) is 6.92 Å². The summed E-state index contributed by atoms with van der Waals surface area (Å²) in [7, 11) is 0. The monoisotopic (exact) mass is 274 g/mol. The highest BCUT2D eigenvalue weighted by atomic mass is 16.6. The highest BCUT2D eigenvalue weighted by molar-refractivity contribution is 5.84. The van der Waals surface area contributed by atoms with Gasteiger partial charge in [-0.15, -0.1) is 0 Å². The summed E-state index contributed by atoms with van der Waals surface area (Å²) in [5, 5.41) is 11.1. The van der Waals surface area contributed by atoms with Gasteiger partial charge in [0.15, 0.2) is 6.61 Å². The van der Waals surface area contributed by atoms with Crippen LogP contribution in [0.5, 0.6) is 5.75 Å². The van der Waals surface area contributed by atoms with E-state index < -0.39 is 0 Å². The summed E-state index contributed by atoms with van der Waals surface area (Å²) in [6.45, 7) is 2.18. The lowest BCUT2D eigenvalue weighted by atomic mass is 10.1. The summed E-state index contributed by atoms with van der Waals surface area (Å²) >= 11 is 0. The zero-order valence-electron chi connectivity index (χ0n) is 11.5. The van der Waals surface area contributed by atoms with Crippen molar-refractivity contribution in [3.8, 4) is 5.75 Å². The van der Waals surface area contributed by atoms with Crippen molar-refractivity contribution in [3.05, 3.63) is 42.0 Å². The first-order valence-corrected chi connectivity index (χ1v) is 6.65. The van der Waals surface area contributed by atoms with Crippen molar-refractivity contribution >= 4 is 16.7 Å². The molecule has 0 amide bonds. The van der Waals surface area contributed by atoms with Crippen LogP contribution in [0.3, 0.4) is 0 Å². The Morgan fingerprint density at radius 3 is 2.65 bits per heavy atom. The van der Waals surface area contributed by atoms with Gasteiger partial charge >= 0.3 is 5.97 Å². The highest BCUT2D eigenvalue weighted by Gasteiger charge is 2.04. The molecule has 0 radical (unpaired) electrons. The predicted molar refractivity (Wildman–Crippen MR) is 76.9 cm³/mol. The van der Waals surface area contributed by atoms with Crippen LogP contribution in [0, 0.1) is 0 Å². The van der Waals surface area contributed by atoms with Gasteiger partial charge in [-0.05, 0) is 41.8 Å². The number of carbonyl (C=O) groups is 1. The maximum absolute atomic E-state index is 11.2. The second-order valence-electron chi connectivity index (χ2n) is 4.41. The Kier molecular flexibility index (Phi) is 4.96. The molecular weight excluding hydrogens is 256 g/mol. The Morgan fingerprint density at radius 2 is 1.90 bits per heavy atom. The lowest BCUT2D eigenvalue weighted by Crippen LogP contribution is -2.14. The zero-order chi connectivity index (χ0) is 14.4. The van der Waals surface area contributed by atoms with Gasteiger partial charge in [-0.3, -0.25) is 0 Å². The first-order chi connectivity index (χ1) is 9.72. The van der Waals surface area contributed by atoms with E-state index in [0.717, 1.165) is 16.3 Å². The van der Waals surface area contributed by atoms with E-state index in [9.17, 15) is 4.79 Å². The number of aliphatic hydroxyl groups is 1. The molecule has 0 atom stereocenters. The van der Waals surface area contributed by atoms with Crippen molar-refractivity contribution in [2.75, 3.05) is 19.8 Å². The molecule has 0 unspecified atom stereocenters. The summed E-state index contributed by atoms with van der Waals surface area (Å²) in [4.78, 5) is 11.2. The summed E-state index contributed by atoms with van der Waals surface area (Å²) < 4.78 is 10.2. The van der Waals surface area contributed by atoms with Crippen LogP contribution in [0.4, 0.5) is 0 Å². The Balaban J connectivity index is 2.09. The van der Waals surface area contributed by atoms with Gasteiger partial charge in [0.25, 0.3) is 0 Å². The van der Waals surface area contributed by atoms with Gasteiger partial charge in [0, 0.05) is 6.61 Å². The topological polar surface area (TPSA) is 55.8 Å². The van der Waals surface area contributed by atoms with E-state index in [-0.39, 0.29) is 19.2 Å². The molecule has 2 rings (SSSR count). The number of benzene rings is 2. The van der Waals surface area contributed by atoms with Crippen molar-refractivity contribution in [3.63, 3.8) is 0 Å². The average Bonchev–Trinajstić information content (AvgIpc) is 2.46. The largest absolute Gasteiger partial charge is 0.482 e. The van der Waals surface area contributed by atoms with Crippen LogP contribution >= 0.6 is 0 Å². The molecule has 2 aromatic rings. The molecule has 0 bridgehead atoms. The minimum Gasteiger partial charge on any atom is -0.482 e. The summed E-state index contributed by atoms with van der Waals surface area (Å²) in [6.07, 6.45) is 0.650. The lowest BCUT2D eigenvalue weighted by Gasteiger charge is -2.07. The molecule has 1 N–H and O–H groups in total. The maximum atomic E-state index is 11.2. The van der Waals surface area contributed by atoms with Gasteiger partial charge in [-0.25, -0.2) is 4.79 Å². The first-order valence-electron chi connectivity index (χ1n) is 6.65. The Hall–Kier alpha value is -2.07. The summed E-state index contributed by atoms with van der Waals surface area (Å²) in [6, 6.07) is 11.7. The van der Waals surface area contributed by atoms with Crippen LogP contribution in [0.15, 0.2) is 36.4 Å². The first kappa shape index (κ1) is 14.3. The predicted octanol–water partition coefficient (Wildman–Crippen LogP) is 2.32. The number of rotatable bonds is 6. The van der Waals surface area contributed by atoms with Crippen LogP contribution < -0.4 is 4.74 Å². The van der Waals surface area contributed by atoms with Crippen LogP contribution in [0.1, 0.15) is 12.5 Å². The van der Waals surface area contributed by atoms with Crippen LogP contribution in [-0.4, -0.2) is 30.9 Å². The van der Waals surface area contributed by atoms with Gasteiger partial charge in [-0.1, -0.05) is 24.3 Å². The molecule has 2 aromatic carbocycles. The minimum absolute atomic E-state index is 0.0814. The van der Waals surface area contributed by atoms with Crippen molar-refractivity contribution < 1.29 is 19.4 Å². The third-order valence-electron chi connectivity index (χ3n) is 2.94. The van der Waals surface area contributed by atoms with Crippen LogP contribution in [0.25, 0.3) is 10.8 Å². The van der Waals surface area contributed by atoms with Gasteiger partial charge < -0.3 is 14.6 Å². The number of aliphatic hydroxyl groups excluding tert-OH is 1. The molecular formula is C16H18O4. The second-order valence-corrected chi connectivity index (χ2v) is 4.41. The average molecular weight is 274 g/mol. The Bertz CT molecular complexity index is 592. The van der Waals surface area contributed by atoms with Crippen molar-refractivity contribution in [2.45, 2.75) is 13.3 Å². The molecule has 0 heterocycles. The van der Waals surface area contributed by atoms with E-state index in [2.05, 4.69) is 0 Å². The molecule has 0 saturated heterocycles. The highest BCUT2D eigenvalue weighted by Crippen LogP contribution is 2.22. The minimum atomic E-state index is -0.370. The molecule has 20 heavy (non-hydrogen) atoms. The van der Waals surface area contributed by atoms with Crippen LogP contribution in [-0.2, 0) is 16.0 Å². The molecule has 4 heteroatoms. The molecule has 0 aromatic heterocycles. The zero-order valence-corrected chi connectivity index (χ0v) is 11.5. The number of hydrogen-bond donors (Lipinski definition) is 1. The van der Waals surface area contributed by atoms with Crippen LogP contribution in [0.2, 0.25) is 0 Å². The number of ether oxygens (including phenoxy) is 2. The molecule has 4 nitrogen and oxygen atoms in total. The number of fused-ring (bicyclic) bond motifs is 1. The number of hydrogen-bond acceptors (Lipinski definition) is 4. The van der Waals surface area contributed by atoms with Gasteiger partial charge in [0.05, 0.1) is 6.61 Å². The fourth-order valence-electron chi connectivity index (χ4n) is 1.99. The molecule has 0 fully saturated rings. The summed E-state index contributed by atoms with van der Waals surface area (Å²) in [5.74, 6) is 0.270. The third kappa shape index (κ3) is 3.71. The van der Waals surface area contributed by atoms with Crippen molar-refractivity contribution in [1.29, 1.82) is 0 Å². The summed E-state index contributed by atoms with van der Waals surface area (Å²) in [5.41, 5.74) is 1.10. The molecule has 0 aliphatic rings. The van der Waals surface area contributed by atoms with Crippen molar-refractivity contribution in [2.24, 2.45) is 0 Å². The van der Waals surface area contributed by atoms with E-state index in [0.29, 0.717) is 18.8 Å². The number of carbonyl (C=O) groups excluding carboxylic acids is 1. The molecule has 0 aliphatic carbocycles. The standard InChI is InChI=1S/C16H18O4/c1-2-19-16(18)11-20-15-6-5-13-9-12(7-8-17)3-4-14(13)10-15/h3-6,9-10,17H,2,7-8,11H2,1H3. The molecule has 0 aliphatic heterocycles. The van der Waals surface area contributed by atoms with E-state index in [1.807, 2.05) is 36.4 Å². The third-order valence-corrected chi connectivity index (χ3v) is 2.94. The van der Waals surface area contributed by atoms with E-state index >= 15 is 0 Å². The molecule has 0 saturated carbocycles. The van der Waals surface area contributed by atoms with Gasteiger partial charge in [-0.2, -0.15) is 0 Å². The Labute approximate surface area is 117 Å². The van der Waals surface area contributed by atoms with E-state index in [4.69, 9.17) is 14.6 Å². The lowest BCUT2D eigenvalue weighted by molar-refractivity contribution is -0.145. The normalized spacial score (nSPS) is 10.5. The van der Waals surface area contributed by atoms with Crippen molar-refractivity contribution in [1.82, 2.24) is 0 Å². The fourth-order valence-corrected chi connectivity index (χ4v) is 1.99. The number of esters is 1. The maximum Gasteiger partial charge on any atom is 0.344 e. The smallest absolute Gasteiger partial charge is 0.344 e. The SMILES string of the molecule is CCOC(=O)COc1ccc2cc(CCO)ccc2c1. The van der Waals surface area contributed by atoms with Gasteiger partial charge in [0.1, 0.15) is 5.75 Å². The quantitative estimate of drug-likeness (QED) is 0.821. The molecule has 0 spiro atoms.